The molecule has 27 heavy (non-hydrogen) atoms. The summed E-state index contributed by atoms with van der Waals surface area (Å²) in [6, 6.07) is 8.61. The van der Waals surface area contributed by atoms with Crippen molar-refractivity contribution in [2.75, 3.05) is 18.4 Å². The standard InChI is InChI=1S/C18H20N2O5S2/c1-4-25-17(21)15-10-13-6-5-7-14(16(13)20(15)11-24-3)19-27(22,23)18-12(2)8-9-26-18/h5-10,19H,4,11H2,1-3H3. The van der Waals surface area contributed by atoms with Gasteiger partial charge in [-0.1, -0.05) is 12.1 Å². The van der Waals surface area contributed by atoms with Gasteiger partial charge in [0, 0.05) is 12.5 Å². The number of nitrogens with one attached hydrogen (secondary N) is 1. The molecule has 0 radical (unpaired) electrons. The Morgan fingerprint density at radius 3 is 2.70 bits per heavy atom. The van der Waals surface area contributed by atoms with Crippen molar-refractivity contribution in [3.63, 3.8) is 0 Å². The van der Waals surface area contributed by atoms with E-state index in [1.165, 1.54) is 7.11 Å². The summed E-state index contributed by atoms with van der Waals surface area (Å²) in [7, 11) is -2.24. The minimum atomic E-state index is -3.75. The van der Waals surface area contributed by atoms with Crippen molar-refractivity contribution < 1.29 is 22.7 Å². The summed E-state index contributed by atoms with van der Waals surface area (Å²) in [5.41, 5.74) is 1.90. The van der Waals surface area contributed by atoms with Gasteiger partial charge in [0.05, 0.1) is 17.8 Å². The molecule has 0 aliphatic carbocycles. The maximum absolute atomic E-state index is 12.8. The molecule has 0 amide bonds. The number of benzene rings is 1. The first kappa shape index (κ1) is 19.4. The summed E-state index contributed by atoms with van der Waals surface area (Å²) >= 11 is 1.16. The quantitative estimate of drug-likeness (QED) is 0.604. The van der Waals surface area contributed by atoms with Gasteiger partial charge in [0.2, 0.25) is 0 Å². The fraction of sp³-hybridized carbons (Fsp3) is 0.278. The summed E-state index contributed by atoms with van der Waals surface area (Å²) in [6.45, 7) is 3.79. The number of carbonyl (C=O) groups is 1. The Labute approximate surface area is 161 Å². The van der Waals surface area contributed by atoms with Crippen molar-refractivity contribution in [2.24, 2.45) is 0 Å². The highest BCUT2D eigenvalue weighted by Crippen LogP contribution is 2.31. The van der Waals surface area contributed by atoms with E-state index in [0.717, 1.165) is 11.3 Å². The maximum atomic E-state index is 12.8. The van der Waals surface area contributed by atoms with Crippen LogP contribution in [0.5, 0.6) is 0 Å². The number of hydrogen-bond acceptors (Lipinski definition) is 6. The third kappa shape index (κ3) is 3.71. The lowest BCUT2D eigenvalue weighted by Crippen LogP contribution is -2.16. The average Bonchev–Trinajstić information content (AvgIpc) is 3.20. The number of fused-ring (bicyclic) bond motifs is 1. The Balaban J connectivity index is 2.14. The molecule has 2 aromatic heterocycles. The SMILES string of the molecule is CCOC(=O)c1cc2cccc(NS(=O)(=O)c3sccc3C)c2n1COC. The number of aromatic nitrogens is 1. The number of sulfonamides is 1. The first-order chi connectivity index (χ1) is 12.9. The number of thiophene rings is 1. The third-order valence-electron chi connectivity index (χ3n) is 3.97. The smallest absolute Gasteiger partial charge is 0.355 e. The van der Waals surface area contributed by atoms with Gasteiger partial charge < -0.3 is 14.0 Å². The van der Waals surface area contributed by atoms with Crippen LogP contribution in [0.4, 0.5) is 5.69 Å². The summed E-state index contributed by atoms with van der Waals surface area (Å²) < 4.78 is 40.4. The maximum Gasteiger partial charge on any atom is 0.355 e. The van der Waals surface area contributed by atoms with Crippen LogP contribution in [0, 0.1) is 6.92 Å². The second-order valence-corrected chi connectivity index (χ2v) is 8.63. The molecule has 0 saturated heterocycles. The molecule has 9 heteroatoms. The molecular weight excluding hydrogens is 388 g/mol. The van der Waals surface area contributed by atoms with Gasteiger partial charge in [-0.2, -0.15) is 0 Å². The van der Waals surface area contributed by atoms with Crippen LogP contribution in [0.15, 0.2) is 39.9 Å². The van der Waals surface area contributed by atoms with E-state index in [9.17, 15) is 13.2 Å². The van der Waals surface area contributed by atoms with E-state index in [-0.39, 0.29) is 17.5 Å². The number of hydrogen-bond donors (Lipinski definition) is 1. The lowest BCUT2D eigenvalue weighted by atomic mass is 10.2. The van der Waals surface area contributed by atoms with Gasteiger partial charge >= 0.3 is 5.97 Å². The van der Waals surface area contributed by atoms with E-state index in [4.69, 9.17) is 9.47 Å². The zero-order valence-corrected chi connectivity index (χ0v) is 16.8. The van der Waals surface area contributed by atoms with E-state index in [0.29, 0.717) is 27.8 Å². The highest BCUT2D eigenvalue weighted by molar-refractivity contribution is 7.94. The molecule has 0 unspecified atom stereocenters. The predicted molar refractivity (Wildman–Crippen MR) is 105 cm³/mol. The molecule has 7 nitrogen and oxygen atoms in total. The van der Waals surface area contributed by atoms with Gasteiger partial charge in [0.1, 0.15) is 16.6 Å². The second-order valence-electron chi connectivity index (χ2n) is 5.84. The molecular formula is C18H20N2O5S2. The number of aryl methyl sites for hydroxylation is 1. The van der Waals surface area contributed by atoms with Gasteiger partial charge in [0.25, 0.3) is 10.0 Å². The number of esters is 1. The van der Waals surface area contributed by atoms with Crippen LogP contribution in [-0.2, 0) is 26.2 Å². The van der Waals surface area contributed by atoms with Crippen LogP contribution >= 0.6 is 11.3 Å². The van der Waals surface area contributed by atoms with Crippen LogP contribution in [-0.4, -0.2) is 32.7 Å². The fourth-order valence-electron chi connectivity index (χ4n) is 2.87. The number of ether oxygens (including phenoxy) is 2. The lowest BCUT2D eigenvalue weighted by molar-refractivity contribution is 0.0496. The van der Waals surface area contributed by atoms with Crippen LogP contribution in [0.3, 0.4) is 0 Å². The summed E-state index contributed by atoms with van der Waals surface area (Å²) in [6.07, 6.45) is 0. The number of carbonyl (C=O) groups excluding carboxylic acids is 1. The Bertz CT molecular complexity index is 1080. The van der Waals surface area contributed by atoms with Crippen LogP contribution in [0.25, 0.3) is 10.9 Å². The van der Waals surface area contributed by atoms with Gasteiger partial charge in [-0.25, -0.2) is 13.2 Å². The van der Waals surface area contributed by atoms with Crippen molar-refractivity contribution in [2.45, 2.75) is 24.8 Å². The number of nitrogens with zero attached hydrogens (tertiary/aromatic N) is 1. The van der Waals surface area contributed by atoms with Crippen molar-refractivity contribution >= 4 is 43.9 Å². The lowest BCUT2D eigenvalue weighted by Gasteiger charge is -2.13. The highest BCUT2D eigenvalue weighted by Gasteiger charge is 2.23. The summed E-state index contributed by atoms with van der Waals surface area (Å²) in [4.78, 5) is 12.3. The van der Waals surface area contributed by atoms with E-state index in [2.05, 4.69) is 4.72 Å². The normalized spacial score (nSPS) is 11.7. The first-order valence-electron chi connectivity index (χ1n) is 8.24. The molecule has 0 aliphatic rings. The molecule has 144 valence electrons. The van der Waals surface area contributed by atoms with Gasteiger partial charge in [0.15, 0.2) is 0 Å². The molecule has 3 aromatic rings. The van der Waals surface area contributed by atoms with Crippen LogP contribution in [0.1, 0.15) is 23.0 Å². The fourth-order valence-corrected chi connectivity index (χ4v) is 5.36. The van der Waals surface area contributed by atoms with Gasteiger partial charge in [-0.3, -0.25) is 4.72 Å². The zero-order valence-electron chi connectivity index (χ0n) is 15.2. The van der Waals surface area contributed by atoms with E-state index in [1.54, 1.807) is 54.1 Å². The van der Waals surface area contributed by atoms with Crippen molar-refractivity contribution in [3.05, 3.63) is 47.0 Å². The Morgan fingerprint density at radius 2 is 2.07 bits per heavy atom. The largest absolute Gasteiger partial charge is 0.461 e. The topological polar surface area (TPSA) is 86.6 Å². The van der Waals surface area contributed by atoms with Crippen LogP contribution < -0.4 is 4.72 Å². The first-order valence-corrected chi connectivity index (χ1v) is 10.6. The molecule has 0 bridgehead atoms. The molecule has 1 aromatic carbocycles. The number of methoxy groups -OCH3 is 1. The molecule has 3 rings (SSSR count). The zero-order chi connectivity index (χ0) is 19.6. The predicted octanol–water partition coefficient (Wildman–Crippen LogP) is 3.59. The highest BCUT2D eigenvalue weighted by atomic mass is 32.2. The molecule has 0 spiro atoms. The molecule has 0 fully saturated rings. The summed E-state index contributed by atoms with van der Waals surface area (Å²) in [5.74, 6) is -0.492. The van der Waals surface area contributed by atoms with Crippen LogP contribution in [0.2, 0.25) is 0 Å². The molecule has 1 N–H and O–H groups in total. The monoisotopic (exact) mass is 408 g/mol. The van der Waals surface area contributed by atoms with Crippen molar-refractivity contribution in [3.8, 4) is 0 Å². The average molecular weight is 409 g/mol. The Morgan fingerprint density at radius 1 is 1.30 bits per heavy atom. The van der Waals surface area contributed by atoms with E-state index < -0.39 is 16.0 Å². The van der Waals surface area contributed by atoms with Crippen molar-refractivity contribution in [1.82, 2.24) is 4.57 Å². The number of para-hydroxylation sites is 1. The second kappa shape index (κ2) is 7.71. The summed E-state index contributed by atoms with van der Waals surface area (Å²) in [5, 5.41) is 2.44. The third-order valence-corrected chi connectivity index (χ3v) is 7.02. The van der Waals surface area contributed by atoms with Gasteiger partial charge in [-0.05, 0) is 43.0 Å². The van der Waals surface area contributed by atoms with E-state index >= 15 is 0 Å². The Kier molecular flexibility index (Phi) is 5.54. The number of rotatable bonds is 7. The molecule has 0 aliphatic heterocycles. The molecule has 0 saturated carbocycles. The van der Waals surface area contributed by atoms with Crippen molar-refractivity contribution in [1.29, 1.82) is 0 Å². The number of anilines is 1. The molecule has 2 heterocycles. The molecule has 0 atom stereocenters. The van der Waals surface area contributed by atoms with Gasteiger partial charge in [-0.15, -0.1) is 11.3 Å². The minimum Gasteiger partial charge on any atom is -0.461 e. The van der Waals surface area contributed by atoms with E-state index in [1.807, 2.05) is 0 Å². The minimum absolute atomic E-state index is 0.0778. The Hall–Kier alpha value is -2.36.